The van der Waals surface area contributed by atoms with Crippen LogP contribution in [0.3, 0.4) is 0 Å². The van der Waals surface area contributed by atoms with Gasteiger partial charge in [0.25, 0.3) is 5.91 Å². The molecule has 2 aromatic carbocycles. The Labute approximate surface area is 154 Å². The van der Waals surface area contributed by atoms with Gasteiger partial charge in [0.2, 0.25) is 10.0 Å². The van der Waals surface area contributed by atoms with E-state index < -0.39 is 10.0 Å². The van der Waals surface area contributed by atoms with E-state index in [1.807, 2.05) is 32.9 Å². The topological polar surface area (TPSA) is 84.5 Å². The Morgan fingerprint density at radius 2 is 1.69 bits per heavy atom. The molecule has 0 heterocycles. The van der Waals surface area contributed by atoms with Crippen molar-refractivity contribution >= 4 is 21.6 Å². The number of anilines is 1. The van der Waals surface area contributed by atoms with E-state index in [9.17, 15) is 13.2 Å². The summed E-state index contributed by atoms with van der Waals surface area (Å²) in [7, 11) is -2.37. The fourth-order valence-corrected chi connectivity index (χ4v) is 4.09. The number of sulfonamides is 1. The van der Waals surface area contributed by atoms with E-state index in [-0.39, 0.29) is 28.7 Å². The minimum Gasteiger partial charge on any atom is -0.495 e. The summed E-state index contributed by atoms with van der Waals surface area (Å²) in [5.74, 6) is -0.194. The minimum absolute atomic E-state index is 0.0631. The normalized spacial score (nSPS) is 11.3. The lowest BCUT2D eigenvalue weighted by Crippen LogP contribution is -2.24. The molecule has 0 radical (unpaired) electrons. The van der Waals surface area contributed by atoms with Crippen LogP contribution in [0.4, 0.5) is 5.69 Å². The molecule has 26 heavy (non-hydrogen) atoms. The van der Waals surface area contributed by atoms with Crippen LogP contribution in [0.1, 0.15) is 34.0 Å². The number of amides is 1. The summed E-state index contributed by atoms with van der Waals surface area (Å²) in [4.78, 5) is 12.6. The zero-order chi connectivity index (χ0) is 19.5. The lowest BCUT2D eigenvalue weighted by molar-refractivity contribution is 0.102. The van der Waals surface area contributed by atoms with E-state index in [0.717, 1.165) is 22.4 Å². The summed E-state index contributed by atoms with van der Waals surface area (Å²) < 4.78 is 32.3. The van der Waals surface area contributed by atoms with Crippen molar-refractivity contribution in [2.24, 2.45) is 0 Å². The van der Waals surface area contributed by atoms with Crippen LogP contribution in [0.25, 0.3) is 0 Å². The number of carbonyl (C=O) groups is 1. The Bertz CT molecular complexity index is 914. The van der Waals surface area contributed by atoms with E-state index in [1.54, 1.807) is 6.92 Å². The molecule has 2 aromatic rings. The Morgan fingerprint density at radius 3 is 2.23 bits per heavy atom. The molecule has 0 aliphatic heterocycles. The Kier molecular flexibility index (Phi) is 6.05. The van der Waals surface area contributed by atoms with Gasteiger partial charge < -0.3 is 10.1 Å². The largest absolute Gasteiger partial charge is 0.495 e. The molecule has 0 aliphatic carbocycles. The van der Waals surface area contributed by atoms with Crippen LogP contribution < -0.4 is 14.8 Å². The van der Waals surface area contributed by atoms with E-state index in [0.29, 0.717) is 0 Å². The number of rotatable bonds is 6. The van der Waals surface area contributed by atoms with E-state index in [2.05, 4.69) is 10.0 Å². The molecule has 2 rings (SSSR count). The number of hydrogen-bond acceptors (Lipinski definition) is 4. The molecule has 2 N–H and O–H groups in total. The predicted molar refractivity (Wildman–Crippen MR) is 102 cm³/mol. The highest BCUT2D eigenvalue weighted by Gasteiger charge is 2.21. The maximum absolute atomic E-state index is 12.7. The maximum atomic E-state index is 12.7. The summed E-state index contributed by atoms with van der Waals surface area (Å²) in [6.07, 6.45) is 0. The van der Waals surface area contributed by atoms with Crippen LogP contribution >= 0.6 is 0 Å². The molecule has 1 amide bonds. The van der Waals surface area contributed by atoms with E-state index >= 15 is 0 Å². The highest BCUT2D eigenvalue weighted by Crippen LogP contribution is 2.27. The Balaban J connectivity index is 2.42. The first-order valence-corrected chi connectivity index (χ1v) is 9.74. The molecule has 0 spiro atoms. The second-order valence-electron chi connectivity index (χ2n) is 6.09. The summed E-state index contributed by atoms with van der Waals surface area (Å²) in [5.41, 5.74) is 3.98. The van der Waals surface area contributed by atoms with Crippen molar-refractivity contribution in [3.05, 3.63) is 52.6 Å². The molecule has 7 heteroatoms. The molecule has 6 nitrogen and oxygen atoms in total. The molecule has 0 fully saturated rings. The second-order valence-corrected chi connectivity index (χ2v) is 7.83. The standard InChI is InChI=1S/C19H24N2O4S/c1-6-20-26(23,24)17-11-15(7-8-16(17)25-5)19(22)21-18-13(3)9-12(2)10-14(18)4/h7-11,20H,6H2,1-5H3,(H,21,22). The van der Waals surface area contributed by atoms with Gasteiger partial charge in [0.15, 0.2) is 0 Å². The van der Waals surface area contributed by atoms with Gasteiger partial charge >= 0.3 is 0 Å². The smallest absolute Gasteiger partial charge is 0.255 e. The van der Waals surface area contributed by atoms with Gasteiger partial charge in [-0.3, -0.25) is 4.79 Å². The first-order chi connectivity index (χ1) is 12.2. The van der Waals surface area contributed by atoms with Crippen molar-refractivity contribution in [1.29, 1.82) is 0 Å². The van der Waals surface area contributed by atoms with Crippen LogP contribution in [0.2, 0.25) is 0 Å². The minimum atomic E-state index is -3.76. The average Bonchev–Trinajstić information content (AvgIpc) is 2.57. The highest BCUT2D eigenvalue weighted by atomic mass is 32.2. The van der Waals surface area contributed by atoms with Gasteiger partial charge in [0, 0.05) is 17.8 Å². The molecule has 0 saturated heterocycles. The summed E-state index contributed by atoms with van der Waals surface area (Å²) in [6, 6.07) is 8.31. The second kappa shape index (κ2) is 7.88. The molecule has 0 atom stereocenters. The number of carbonyl (C=O) groups excluding carboxylic acids is 1. The van der Waals surface area contributed by atoms with Crippen molar-refractivity contribution in [3.8, 4) is 5.75 Å². The fourth-order valence-electron chi connectivity index (χ4n) is 2.86. The first-order valence-electron chi connectivity index (χ1n) is 8.26. The average molecular weight is 376 g/mol. The molecule has 0 saturated carbocycles. The molecule has 0 unspecified atom stereocenters. The number of methoxy groups -OCH3 is 1. The van der Waals surface area contributed by atoms with E-state index in [4.69, 9.17) is 4.74 Å². The monoisotopic (exact) mass is 376 g/mol. The van der Waals surface area contributed by atoms with Gasteiger partial charge in [-0.05, 0) is 50.1 Å². The fraction of sp³-hybridized carbons (Fsp3) is 0.316. The van der Waals surface area contributed by atoms with Gasteiger partial charge in [-0.15, -0.1) is 0 Å². The molecular formula is C19H24N2O4S. The zero-order valence-corrected chi connectivity index (χ0v) is 16.5. The summed E-state index contributed by atoms with van der Waals surface area (Å²) in [5, 5.41) is 2.88. The molecule has 0 aromatic heterocycles. The Morgan fingerprint density at radius 1 is 1.08 bits per heavy atom. The number of hydrogen-bond donors (Lipinski definition) is 2. The van der Waals surface area contributed by atoms with Crippen molar-refractivity contribution < 1.29 is 17.9 Å². The van der Waals surface area contributed by atoms with Crippen LogP contribution in [0.5, 0.6) is 5.75 Å². The molecular weight excluding hydrogens is 352 g/mol. The van der Waals surface area contributed by atoms with Crippen LogP contribution in [0, 0.1) is 20.8 Å². The van der Waals surface area contributed by atoms with Crippen molar-refractivity contribution in [1.82, 2.24) is 4.72 Å². The number of aryl methyl sites for hydroxylation is 3. The lowest BCUT2D eigenvalue weighted by atomic mass is 10.0. The Hall–Kier alpha value is -2.38. The summed E-state index contributed by atoms with van der Waals surface area (Å²) >= 11 is 0. The van der Waals surface area contributed by atoms with Crippen molar-refractivity contribution in [2.75, 3.05) is 19.0 Å². The number of benzene rings is 2. The molecule has 0 aliphatic rings. The van der Waals surface area contributed by atoms with E-state index in [1.165, 1.54) is 25.3 Å². The van der Waals surface area contributed by atoms with Crippen LogP contribution in [-0.4, -0.2) is 28.0 Å². The third kappa shape index (κ3) is 4.23. The van der Waals surface area contributed by atoms with Gasteiger partial charge in [0.1, 0.15) is 10.6 Å². The third-order valence-corrected chi connectivity index (χ3v) is 5.53. The molecule has 0 bridgehead atoms. The van der Waals surface area contributed by atoms with Crippen LogP contribution in [0.15, 0.2) is 35.2 Å². The van der Waals surface area contributed by atoms with Crippen LogP contribution in [-0.2, 0) is 10.0 Å². The molecule has 140 valence electrons. The lowest BCUT2D eigenvalue weighted by Gasteiger charge is -2.14. The maximum Gasteiger partial charge on any atom is 0.255 e. The zero-order valence-electron chi connectivity index (χ0n) is 15.6. The van der Waals surface area contributed by atoms with Gasteiger partial charge in [-0.1, -0.05) is 24.6 Å². The van der Waals surface area contributed by atoms with Gasteiger partial charge in [0.05, 0.1) is 7.11 Å². The van der Waals surface area contributed by atoms with Crippen molar-refractivity contribution in [2.45, 2.75) is 32.6 Å². The number of ether oxygens (including phenoxy) is 1. The quantitative estimate of drug-likeness (QED) is 0.811. The number of nitrogens with one attached hydrogen (secondary N) is 2. The first kappa shape index (κ1) is 19.9. The van der Waals surface area contributed by atoms with Crippen molar-refractivity contribution in [3.63, 3.8) is 0 Å². The predicted octanol–water partition coefficient (Wildman–Crippen LogP) is 3.17. The van der Waals surface area contributed by atoms with Gasteiger partial charge in [-0.25, -0.2) is 13.1 Å². The van der Waals surface area contributed by atoms with Gasteiger partial charge in [-0.2, -0.15) is 0 Å². The third-order valence-electron chi connectivity index (χ3n) is 3.97. The SMILES string of the molecule is CCNS(=O)(=O)c1cc(C(=O)Nc2c(C)cc(C)cc2C)ccc1OC. The highest BCUT2D eigenvalue weighted by molar-refractivity contribution is 7.89. The summed E-state index contributed by atoms with van der Waals surface area (Å²) in [6.45, 7) is 7.76.